The van der Waals surface area contributed by atoms with E-state index >= 15 is 0 Å². The molecule has 1 saturated carbocycles. The van der Waals surface area contributed by atoms with Crippen LogP contribution in [-0.4, -0.2) is 11.0 Å². The van der Waals surface area contributed by atoms with Crippen LogP contribution in [0.1, 0.15) is 44.2 Å². The summed E-state index contributed by atoms with van der Waals surface area (Å²) >= 11 is 5.14. The van der Waals surface area contributed by atoms with Crippen molar-refractivity contribution in [3.8, 4) is 0 Å². The van der Waals surface area contributed by atoms with Gasteiger partial charge in [0.2, 0.25) is 0 Å². The molecule has 2 atom stereocenters. The van der Waals surface area contributed by atoms with Gasteiger partial charge in [-0.3, -0.25) is 0 Å². The molecular weight excluding hydrogens is 252 g/mol. The molecule has 1 aliphatic carbocycles. The Hall–Kier alpha value is -1.09. The maximum Gasteiger partial charge on any atom is 0.106 e. The maximum absolute atomic E-state index is 5.82. The van der Waals surface area contributed by atoms with Crippen LogP contribution >= 0.6 is 12.2 Å². The van der Waals surface area contributed by atoms with E-state index in [-0.39, 0.29) is 0 Å². The summed E-state index contributed by atoms with van der Waals surface area (Å²) in [5.41, 5.74) is 9.11. The summed E-state index contributed by atoms with van der Waals surface area (Å²) in [5.74, 6) is 1.58. The minimum Gasteiger partial charge on any atom is -0.389 e. The highest BCUT2D eigenvalue weighted by molar-refractivity contribution is 7.80. The summed E-state index contributed by atoms with van der Waals surface area (Å²) in [6.07, 6.45) is 3.80. The Kier molecular flexibility index (Phi) is 4.46. The zero-order valence-electron chi connectivity index (χ0n) is 12.1. The third-order valence-corrected chi connectivity index (χ3v) is 4.20. The van der Waals surface area contributed by atoms with Crippen molar-refractivity contribution in [3.63, 3.8) is 0 Å². The van der Waals surface area contributed by atoms with Gasteiger partial charge in [0.05, 0.1) is 0 Å². The Morgan fingerprint density at radius 2 is 1.84 bits per heavy atom. The van der Waals surface area contributed by atoms with Crippen LogP contribution in [0.25, 0.3) is 0 Å². The molecule has 0 spiro atoms. The van der Waals surface area contributed by atoms with Gasteiger partial charge in [-0.2, -0.15) is 0 Å². The van der Waals surface area contributed by atoms with Crippen molar-refractivity contribution >= 4 is 22.9 Å². The summed E-state index contributed by atoms with van der Waals surface area (Å²) < 4.78 is 0. The molecule has 1 fully saturated rings. The van der Waals surface area contributed by atoms with Crippen molar-refractivity contribution in [3.05, 3.63) is 29.3 Å². The number of hydrogen-bond donors (Lipinski definition) is 2. The number of aryl methyl sites for hydroxylation is 1. The van der Waals surface area contributed by atoms with Crippen molar-refractivity contribution < 1.29 is 0 Å². The molecule has 0 saturated heterocycles. The zero-order valence-corrected chi connectivity index (χ0v) is 12.9. The standard InChI is InChI=1S/C16H24N2S/c1-10-4-5-14(16(17)19)15(9-10)18-13-7-11(2)6-12(3)8-13/h4-5,9,11-13,18H,6-8H2,1-3H3,(H2,17,19). The molecule has 2 nitrogen and oxygen atoms in total. The molecule has 1 aliphatic rings. The van der Waals surface area contributed by atoms with Gasteiger partial charge in [-0.15, -0.1) is 0 Å². The first-order valence-corrected chi connectivity index (χ1v) is 7.53. The van der Waals surface area contributed by atoms with E-state index in [1.54, 1.807) is 0 Å². The highest BCUT2D eigenvalue weighted by Gasteiger charge is 2.24. The van der Waals surface area contributed by atoms with Crippen LogP contribution in [0.15, 0.2) is 18.2 Å². The molecule has 2 unspecified atom stereocenters. The number of rotatable bonds is 3. The van der Waals surface area contributed by atoms with E-state index in [4.69, 9.17) is 18.0 Å². The lowest BCUT2D eigenvalue weighted by atomic mass is 9.80. The Balaban J connectivity index is 2.18. The SMILES string of the molecule is Cc1ccc(C(N)=S)c(NC2CC(C)CC(C)C2)c1. The summed E-state index contributed by atoms with van der Waals surface area (Å²) in [7, 11) is 0. The topological polar surface area (TPSA) is 38.0 Å². The molecular formula is C16H24N2S. The van der Waals surface area contributed by atoms with E-state index in [0.717, 1.165) is 23.1 Å². The molecule has 0 radical (unpaired) electrons. The van der Waals surface area contributed by atoms with Crippen molar-refractivity contribution in [2.24, 2.45) is 17.6 Å². The first-order valence-electron chi connectivity index (χ1n) is 7.12. The van der Waals surface area contributed by atoms with Gasteiger partial charge in [-0.05, 0) is 55.7 Å². The molecule has 104 valence electrons. The van der Waals surface area contributed by atoms with E-state index in [2.05, 4.69) is 38.2 Å². The van der Waals surface area contributed by atoms with E-state index in [9.17, 15) is 0 Å². The van der Waals surface area contributed by atoms with Gasteiger partial charge < -0.3 is 11.1 Å². The van der Waals surface area contributed by atoms with Crippen LogP contribution in [0.3, 0.4) is 0 Å². The van der Waals surface area contributed by atoms with Gasteiger partial charge in [-0.1, -0.05) is 32.1 Å². The lowest BCUT2D eigenvalue weighted by Crippen LogP contribution is -2.31. The van der Waals surface area contributed by atoms with Crippen molar-refractivity contribution in [1.29, 1.82) is 0 Å². The number of nitrogens with two attached hydrogens (primary N) is 1. The lowest BCUT2D eigenvalue weighted by Gasteiger charge is -2.33. The minimum absolute atomic E-state index is 0.472. The first kappa shape index (κ1) is 14.3. The smallest absolute Gasteiger partial charge is 0.106 e. The quantitative estimate of drug-likeness (QED) is 0.823. The van der Waals surface area contributed by atoms with Crippen LogP contribution in [0.5, 0.6) is 0 Å². The van der Waals surface area contributed by atoms with E-state index in [1.165, 1.54) is 24.8 Å². The molecule has 0 aliphatic heterocycles. The maximum atomic E-state index is 5.82. The molecule has 0 amide bonds. The third-order valence-electron chi connectivity index (χ3n) is 3.98. The average molecular weight is 276 g/mol. The normalized spacial score (nSPS) is 27.0. The van der Waals surface area contributed by atoms with Crippen molar-refractivity contribution in [2.45, 2.75) is 46.1 Å². The molecule has 0 bridgehead atoms. The Morgan fingerprint density at radius 3 is 2.42 bits per heavy atom. The van der Waals surface area contributed by atoms with Crippen molar-refractivity contribution in [1.82, 2.24) is 0 Å². The monoisotopic (exact) mass is 276 g/mol. The summed E-state index contributed by atoms with van der Waals surface area (Å²) in [6.45, 7) is 6.78. The lowest BCUT2D eigenvalue weighted by molar-refractivity contribution is 0.281. The Morgan fingerprint density at radius 1 is 1.21 bits per heavy atom. The van der Waals surface area contributed by atoms with Gasteiger partial charge in [0.1, 0.15) is 4.99 Å². The van der Waals surface area contributed by atoms with Crippen LogP contribution in [-0.2, 0) is 0 Å². The number of benzene rings is 1. The molecule has 3 N–H and O–H groups in total. The van der Waals surface area contributed by atoms with Gasteiger partial charge in [0.15, 0.2) is 0 Å². The fourth-order valence-corrected chi connectivity index (χ4v) is 3.46. The highest BCUT2D eigenvalue weighted by Crippen LogP contribution is 2.31. The summed E-state index contributed by atoms with van der Waals surface area (Å²) in [5, 5.41) is 3.66. The van der Waals surface area contributed by atoms with Gasteiger partial charge >= 0.3 is 0 Å². The van der Waals surface area contributed by atoms with E-state index < -0.39 is 0 Å². The van der Waals surface area contributed by atoms with Gasteiger partial charge in [0.25, 0.3) is 0 Å². The van der Waals surface area contributed by atoms with Crippen LogP contribution < -0.4 is 11.1 Å². The molecule has 0 heterocycles. The predicted octanol–water partition coefficient (Wildman–Crippen LogP) is 3.87. The molecule has 2 rings (SSSR count). The fourth-order valence-electron chi connectivity index (χ4n) is 3.28. The van der Waals surface area contributed by atoms with Crippen molar-refractivity contribution in [2.75, 3.05) is 5.32 Å². The van der Waals surface area contributed by atoms with E-state index in [1.807, 2.05) is 6.07 Å². The second kappa shape index (κ2) is 5.91. The summed E-state index contributed by atoms with van der Waals surface area (Å²) in [4.78, 5) is 0.472. The first-order chi connectivity index (χ1) is 8.95. The van der Waals surface area contributed by atoms with Gasteiger partial charge in [0, 0.05) is 17.3 Å². The van der Waals surface area contributed by atoms with Crippen LogP contribution in [0.2, 0.25) is 0 Å². The second-order valence-electron chi connectivity index (χ2n) is 6.17. The predicted molar refractivity (Wildman–Crippen MR) is 86.7 cm³/mol. The number of hydrogen-bond acceptors (Lipinski definition) is 2. The third kappa shape index (κ3) is 3.69. The van der Waals surface area contributed by atoms with Crippen LogP contribution in [0.4, 0.5) is 5.69 Å². The molecule has 1 aromatic rings. The Labute approximate surface area is 121 Å². The fraction of sp³-hybridized carbons (Fsp3) is 0.562. The molecule has 3 heteroatoms. The number of nitrogens with one attached hydrogen (secondary N) is 1. The minimum atomic E-state index is 0.472. The van der Waals surface area contributed by atoms with Gasteiger partial charge in [-0.25, -0.2) is 0 Å². The largest absolute Gasteiger partial charge is 0.389 e. The van der Waals surface area contributed by atoms with Crippen LogP contribution in [0, 0.1) is 18.8 Å². The zero-order chi connectivity index (χ0) is 14.0. The molecule has 1 aromatic carbocycles. The Bertz CT molecular complexity index is 460. The average Bonchev–Trinajstić information content (AvgIpc) is 2.26. The molecule has 0 aromatic heterocycles. The highest BCUT2D eigenvalue weighted by atomic mass is 32.1. The molecule has 19 heavy (non-hydrogen) atoms. The van der Waals surface area contributed by atoms with E-state index in [0.29, 0.717) is 11.0 Å². The number of thiocarbonyl (C=S) groups is 1. The second-order valence-corrected chi connectivity index (χ2v) is 6.61. The summed E-state index contributed by atoms with van der Waals surface area (Å²) in [6, 6.07) is 6.77. The number of anilines is 1.